The second kappa shape index (κ2) is 20.9. The summed E-state index contributed by atoms with van der Waals surface area (Å²) in [5, 5.41) is 17.0. The molecular formula is C39H56Cl2N12O6. The second-order valence-corrected chi connectivity index (χ2v) is 15.1. The number of hydrogen-bond donors (Lipinski definition) is 6. The van der Waals surface area contributed by atoms with Gasteiger partial charge in [0.25, 0.3) is 23.6 Å². The average Bonchev–Trinajstić information content (AvgIpc) is 3.28. The van der Waals surface area contributed by atoms with Crippen LogP contribution < -0.4 is 31.9 Å². The van der Waals surface area contributed by atoms with Gasteiger partial charge in [-0.3, -0.25) is 28.8 Å². The summed E-state index contributed by atoms with van der Waals surface area (Å²) in [4.78, 5) is 81.9. The Morgan fingerprint density at radius 1 is 0.508 bits per heavy atom. The van der Waals surface area contributed by atoms with Crippen molar-refractivity contribution in [3.8, 4) is 0 Å². The van der Waals surface area contributed by atoms with Crippen molar-refractivity contribution >= 4 is 83.0 Å². The van der Waals surface area contributed by atoms with E-state index in [2.05, 4.69) is 31.9 Å². The molecule has 0 spiro atoms. The van der Waals surface area contributed by atoms with Crippen molar-refractivity contribution in [2.75, 3.05) is 75.6 Å². The van der Waals surface area contributed by atoms with Gasteiger partial charge in [-0.05, 0) is 84.8 Å². The van der Waals surface area contributed by atoms with Crippen LogP contribution in [-0.2, 0) is 37.8 Å². The molecule has 5 rings (SSSR count). The van der Waals surface area contributed by atoms with E-state index in [1.165, 1.54) is 0 Å². The molecule has 1 unspecified atom stereocenters. The molecular weight excluding hydrogens is 803 g/mol. The highest BCUT2D eigenvalue weighted by molar-refractivity contribution is 6.08. The van der Waals surface area contributed by atoms with Crippen molar-refractivity contribution in [3.05, 3.63) is 71.8 Å². The predicted molar refractivity (Wildman–Crippen MR) is 232 cm³/mol. The zero-order chi connectivity index (χ0) is 41.6. The monoisotopic (exact) mass is 858 g/mol. The summed E-state index contributed by atoms with van der Waals surface area (Å²) in [5.41, 5.74) is 3.06. The van der Waals surface area contributed by atoms with Crippen LogP contribution in [0, 0.1) is 11.8 Å². The number of amides is 6. The number of nitrogens with one attached hydrogen (secondary N) is 6. The van der Waals surface area contributed by atoms with Gasteiger partial charge in [0.05, 0.1) is 34.6 Å². The summed E-state index contributed by atoms with van der Waals surface area (Å²) in [6.07, 6.45) is 8.48. The normalized spacial score (nSPS) is 14.2. The first-order chi connectivity index (χ1) is 27.0. The predicted octanol–water partition coefficient (Wildman–Crippen LogP) is 2.97. The topological polar surface area (TPSA) is 201 Å². The van der Waals surface area contributed by atoms with Crippen LogP contribution in [0.1, 0.15) is 61.2 Å². The molecule has 1 aliphatic rings. The Balaban J connectivity index is 0.00000465. The minimum absolute atomic E-state index is 0. The van der Waals surface area contributed by atoms with E-state index in [4.69, 9.17) is 0 Å². The first-order valence-electron chi connectivity index (χ1n) is 18.8. The quantitative estimate of drug-likeness (QED) is 0.0821. The van der Waals surface area contributed by atoms with E-state index in [1.54, 1.807) is 95.5 Å². The third-order valence-electron chi connectivity index (χ3n) is 9.60. The lowest BCUT2D eigenvalue weighted by molar-refractivity contribution is -0.122. The van der Waals surface area contributed by atoms with Gasteiger partial charge in [-0.15, -0.1) is 24.8 Å². The van der Waals surface area contributed by atoms with Gasteiger partial charge in [0, 0.05) is 66.1 Å². The third-order valence-corrected chi connectivity index (χ3v) is 9.60. The summed E-state index contributed by atoms with van der Waals surface area (Å²) in [6.45, 7) is 2.76. The molecule has 322 valence electrons. The van der Waals surface area contributed by atoms with E-state index < -0.39 is 23.7 Å². The van der Waals surface area contributed by atoms with Crippen molar-refractivity contribution in [1.82, 2.24) is 38.7 Å². The van der Waals surface area contributed by atoms with Crippen molar-refractivity contribution in [3.63, 3.8) is 0 Å². The molecule has 59 heavy (non-hydrogen) atoms. The summed E-state index contributed by atoms with van der Waals surface area (Å²) in [7, 11) is 14.7. The zero-order valence-electron chi connectivity index (χ0n) is 34.7. The van der Waals surface area contributed by atoms with Crippen molar-refractivity contribution in [1.29, 1.82) is 0 Å². The maximum absolute atomic E-state index is 13.2. The number of hydrogen-bond acceptors (Lipinski definition) is 8. The van der Waals surface area contributed by atoms with Crippen molar-refractivity contribution in [2.45, 2.75) is 19.3 Å². The first kappa shape index (κ1) is 47.8. The number of nitrogens with zero attached hydrogens (tertiary/aromatic N) is 6. The largest absolute Gasteiger partial charge is 0.351 e. The van der Waals surface area contributed by atoms with Crippen LogP contribution >= 0.6 is 24.8 Å². The van der Waals surface area contributed by atoms with Gasteiger partial charge in [-0.2, -0.15) is 0 Å². The highest BCUT2D eigenvalue weighted by atomic mass is 35.5. The van der Waals surface area contributed by atoms with Crippen molar-refractivity contribution < 1.29 is 28.8 Å². The number of rotatable bonds is 18. The highest BCUT2D eigenvalue weighted by Crippen LogP contribution is 2.40. The van der Waals surface area contributed by atoms with Gasteiger partial charge in [-0.1, -0.05) is 0 Å². The number of halogens is 2. The standard InChI is InChI=1S/C39H54N12O6.2ClH/c1-46(2)13-9-11-40-36(54)30-15-26(22-48(30)5)44-38(56)32-17-24(20-50(32)7)42-34(52)28-19-29(28)35(53)43-25-18-33(51(8)21-25)39(57)45-27-16-31(49(6)23-27)37(55)41-12-10-14-47(3)4;;/h15-18,20-23,28-29H,9-14,19H2,1-8H3,(H,40,54)(H,41,55)(H,42,52)(H,43,53)(H,44,56)(H,45,57);2*1H/t28-,29?;;/m1../s1. The maximum Gasteiger partial charge on any atom is 0.272 e. The van der Waals surface area contributed by atoms with Crippen LogP contribution in [0.25, 0.3) is 0 Å². The molecule has 0 aromatic carbocycles. The zero-order valence-corrected chi connectivity index (χ0v) is 36.3. The van der Waals surface area contributed by atoms with Gasteiger partial charge >= 0.3 is 0 Å². The van der Waals surface area contributed by atoms with Crippen LogP contribution in [0.2, 0.25) is 0 Å². The molecule has 18 nitrogen and oxygen atoms in total. The average molecular weight is 860 g/mol. The maximum atomic E-state index is 13.2. The molecule has 2 atom stereocenters. The fourth-order valence-corrected chi connectivity index (χ4v) is 6.44. The van der Waals surface area contributed by atoms with Gasteiger partial charge in [0.1, 0.15) is 22.8 Å². The first-order valence-corrected chi connectivity index (χ1v) is 18.8. The SMILES string of the molecule is CN(C)CCCNC(=O)c1cc(NC(=O)c2cc(NC(=O)C3C[C@H]3C(=O)Nc3cc(C(=O)Nc4cc(C(=O)NCCCN(C)C)n(C)c4)n(C)c3)cn2C)cn1C.Cl.Cl. The Kier molecular flexibility index (Phi) is 17.0. The summed E-state index contributed by atoms with van der Waals surface area (Å²) < 4.78 is 6.44. The summed E-state index contributed by atoms with van der Waals surface area (Å²) >= 11 is 0. The second-order valence-electron chi connectivity index (χ2n) is 15.1. The fourth-order valence-electron chi connectivity index (χ4n) is 6.44. The van der Waals surface area contributed by atoms with Gasteiger partial charge in [0.15, 0.2) is 0 Å². The van der Waals surface area contributed by atoms with E-state index in [1.807, 2.05) is 38.0 Å². The molecule has 1 saturated carbocycles. The Labute approximate surface area is 356 Å². The number of carbonyl (C=O) groups is 6. The number of anilines is 4. The van der Waals surface area contributed by atoms with E-state index in [0.29, 0.717) is 53.6 Å². The fraction of sp³-hybridized carbons (Fsp3) is 0.436. The molecule has 4 aromatic rings. The minimum Gasteiger partial charge on any atom is -0.351 e. The highest BCUT2D eigenvalue weighted by Gasteiger charge is 2.48. The van der Waals surface area contributed by atoms with Gasteiger partial charge in [-0.25, -0.2) is 0 Å². The van der Waals surface area contributed by atoms with Crippen molar-refractivity contribution in [2.24, 2.45) is 40.0 Å². The molecule has 6 amide bonds. The molecule has 0 saturated heterocycles. The van der Waals surface area contributed by atoms with E-state index in [0.717, 1.165) is 25.9 Å². The molecule has 4 heterocycles. The number of aryl methyl sites for hydroxylation is 4. The lowest BCUT2D eigenvalue weighted by Gasteiger charge is -2.10. The summed E-state index contributed by atoms with van der Waals surface area (Å²) in [6, 6.07) is 6.29. The van der Waals surface area contributed by atoms with Crippen LogP contribution in [-0.4, -0.2) is 118 Å². The molecule has 1 fully saturated rings. The Bertz CT molecular complexity index is 2000. The van der Waals surface area contributed by atoms with Gasteiger partial charge in [0.2, 0.25) is 11.8 Å². The lowest BCUT2D eigenvalue weighted by Crippen LogP contribution is -2.28. The Morgan fingerprint density at radius 3 is 1.10 bits per heavy atom. The molecule has 0 aliphatic heterocycles. The van der Waals surface area contributed by atoms with Crippen LogP contribution in [0.5, 0.6) is 0 Å². The number of carbonyl (C=O) groups excluding carboxylic acids is 6. The molecule has 0 radical (unpaired) electrons. The minimum atomic E-state index is -0.566. The van der Waals surface area contributed by atoms with E-state index in [-0.39, 0.29) is 59.8 Å². The van der Waals surface area contributed by atoms with E-state index >= 15 is 0 Å². The molecule has 4 aromatic heterocycles. The Hall–Kier alpha value is -5.56. The van der Waals surface area contributed by atoms with Crippen LogP contribution in [0.4, 0.5) is 22.7 Å². The molecule has 20 heteroatoms. The summed E-state index contributed by atoms with van der Waals surface area (Å²) in [5.74, 6) is -3.17. The molecule has 0 bridgehead atoms. The smallest absolute Gasteiger partial charge is 0.272 e. The van der Waals surface area contributed by atoms with E-state index in [9.17, 15) is 28.8 Å². The number of aromatic nitrogens is 4. The van der Waals surface area contributed by atoms with Crippen LogP contribution in [0.3, 0.4) is 0 Å². The van der Waals surface area contributed by atoms with Gasteiger partial charge < -0.3 is 60.0 Å². The molecule has 6 N–H and O–H groups in total. The van der Waals surface area contributed by atoms with Crippen LogP contribution in [0.15, 0.2) is 49.1 Å². The lowest BCUT2D eigenvalue weighted by atomic mass is 10.2. The Morgan fingerprint density at radius 2 is 0.797 bits per heavy atom. The third kappa shape index (κ3) is 12.7. The molecule has 1 aliphatic carbocycles.